The first-order chi connectivity index (χ1) is 9.77. The van der Waals surface area contributed by atoms with Crippen molar-refractivity contribution in [3.8, 4) is 0 Å². The maximum absolute atomic E-state index is 12.0. The molecule has 0 saturated heterocycles. The molecule has 0 bridgehead atoms. The van der Waals surface area contributed by atoms with Crippen LogP contribution in [-0.2, 0) is 0 Å². The Hall–Kier alpha value is -2.04. The van der Waals surface area contributed by atoms with Gasteiger partial charge < -0.3 is 10.6 Å². The second kappa shape index (κ2) is 7.11. The van der Waals surface area contributed by atoms with Crippen molar-refractivity contribution < 1.29 is 4.79 Å². The minimum atomic E-state index is -0.526. The fourth-order valence-electron chi connectivity index (χ4n) is 2.08. The molecule has 5 nitrogen and oxygen atoms in total. The normalized spacial score (nSPS) is 11.7. The summed E-state index contributed by atoms with van der Waals surface area (Å²) in [4.78, 5) is 20.0. The Balaban J connectivity index is 3.41. The number of hydrogen-bond acceptors (Lipinski definition) is 2. The quantitative estimate of drug-likeness (QED) is 0.687. The van der Waals surface area contributed by atoms with Crippen molar-refractivity contribution >= 4 is 17.7 Å². The van der Waals surface area contributed by atoms with E-state index in [1.54, 1.807) is 0 Å². The van der Waals surface area contributed by atoms with Gasteiger partial charge in [0.05, 0.1) is 5.69 Å². The molecule has 0 aromatic heterocycles. The van der Waals surface area contributed by atoms with E-state index >= 15 is 0 Å². The predicted molar refractivity (Wildman–Crippen MR) is 88.9 cm³/mol. The number of amides is 2. The first-order valence-corrected chi connectivity index (χ1v) is 7.23. The molecule has 0 aliphatic carbocycles. The summed E-state index contributed by atoms with van der Waals surface area (Å²) >= 11 is 0. The van der Waals surface area contributed by atoms with E-state index in [2.05, 4.69) is 4.99 Å². The molecule has 5 heteroatoms. The van der Waals surface area contributed by atoms with Gasteiger partial charge in [-0.15, -0.1) is 0 Å². The van der Waals surface area contributed by atoms with E-state index < -0.39 is 6.03 Å². The van der Waals surface area contributed by atoms with E-state index in [1.807, 2.05) is 64.8 Å². The van der Waals surface area contributed by atoms with Crippen LogP contribution in [0.15, 0.2) is 23.2 Å². The molecular formula is C16H26N4O. The number of hydrogen-bond donors (Lipinski definition) is 1. The number of nitrogens with two attached hydrogens (primary N) is 1. The van der Waals surface area contributed by atoms with Crippen molar-refractivity contribution in [1.29, 1.82) is 0 Å². The molecule has 2 amide bonds. The van der Waals surface area contributed by atoms with Gasteiger partial charge in [0.1, 0.15) is 0 Å². The Bertz CT molecular complexity index is 537. The third kappa shape index (κ3) is 4.21. The molecule has 0 fully saturated rings. The molecule has 0 aliphatic rings. The van der Waals surface area contributed by atoms with Gasteiger partial charge in [0.15, 0.2) is 0 Å². The molecule has 1 aromatic carbocycles. The van der Waals surface area contributed by atoms with Crippen LogP contribution in [0.1, 0.15) is 31.9 Å². The van der Waals surface area contributed by atoms with Crippen LogP contribution in [0.3, 0.4) is 0 Å². The zero-order valence-corrected chi connectivity index (χ0v) is 13.8. The largest absolute Gasteiger partial charge is 0.351 e. The lowest BCUT2D eigenvalue weighted by Gasteiger charge is -2.30. The first-order valence-electron chi connectivity index (χ1n) is 7.23. The van der Waals surface area contributed by atoms with E-state index in [0.717, 1.165) is 23.4 Å². The molecule has 0 radical (unpaired) electrons. The van der Waals surface area contributed by atoms with Gasteiger partial charge in [-0.2, -0.15) is 0 Å². The minimum Gasteiger partial charge on any atom is -0.351 e. The maximum atomic E-state index is 12.0. The highest BCUT2D eigenvalue weighted by Gasteiger charge is 2.23. The predicted octanol–water partition coefficient (Wildman–Crippen LogP) is 2.90. The summed E-state index contributed by atoms with van der Waals surface area (Å²) in [7, 11) is 1.90. The Morgan fingerprint density at radius 2 is 1.95 bits per heavy atom. The molecule has 0 spiro atoms. The van der Waals surface area contributed by atoms with Crippen molar-refractivity contribution in [3.05, 3.63) is 29.3 Å². The average Bonchev–Trinajstić information content (AvgIpc) is 2.38. The molecule has 116 valence electrons. The minimum absolute atomic E-state index is 0.0709. The fraction of sp³-hybridized carbons (Fsp3) is 0.500. The topological polar surface area (TPSA) is 61.9 Å². The lowest BCUT2D eigenvalue weighted by Crippen LogP contribution is -2.49. The van der Waals surface area contributed by atoms with Crippen molar-refractivity contribution in [2.75, 3.05) is 18.5 Å². The molecule has 0 atom stereocenters. The standard InChI is InChI=1S/C16H26N4O/c1-7-19(6)16(18-11(2)3)20(15(17)21)14-9-8-12(4)10-13(14)5/h8-11H,7H2,1-6H3,(H2,17,21). The van der Waals surface area contributed by atoms with Gasteiger partial charge in [-0.05, 0) is 46.2 Å². The third-order valence-corrected chi connectivity index (χ3v) is 3.20. The molecule has 1 rings (SSSR count). The zero-order valence-electron chi connectivity index (χ0n) is 13.8. The van der Waals surface area contributed by atoms with Crippen LogP contribution in [0.4, 0.5) is 10.5 Å². The highest BCUT2D eigenvalue weighted by molar-refractivity contribution is 6.15. The lowest BCUT2D eigenvalue weighted by atomic mass is 10.1. The van der Waals surface area contributed by atoms with Gasteiger partial charge in [-0.1, -0.05) is 17.7 Å². The number of carbonyl (C=O) groups is 1. The van der Waals surface area contributed by atoms with E-state index in [-0.39, 0.29) is 6.04 Å². The van der Waals surface area contributed by atoms with Gasteiger partial charge in [-0.25, -0.2) is 14.7 Å². The van der Waals surface area contributed by atoms with Crippen LogP contribution in [0.2, 0.25) is 0 Å². The van der Waals surface area contributed by atoms with E-state index in [0.29, 0.717) is 5.96 Å². The van der Waals surface area contributed by atoms with Crippen LogP contribution in [0.5, 0.6) is 0 Å². The smallest absolute Gasteiger partial charge is 0.326 e. The molecular weight excluding hydrogens is 264 g/mol. The van der Waals surface area contributed by atoms with Crippen molar-refractivity contribution in [1.82, 2.24) is 4.90 Å². The molecule has 0 aliphatic heterocycles. The SMILES string of the molecule is CCN(C)C(=NC(C)C)N(C(N)=O)c1ccc(C)cc1C. The van der Waals surface area contributed by atoms with Gasteiger partial charge in [0, 0.05) is 19.6 Å². The summed E-state index contributed by atoms with van der Waals surface area (Å²) < 4.78 is 0. The molecule has 0 heterocycles. The van der Waals surface area contributed by atoms with Gasteiger partial charge in [-0.3, -0.25) is 0 Å². The third-order valence-electron chi connectivity index (χ3n) is 3.20. The van der Waals surface area contributed by atoms with Crippen LogP contribution >= 0.6 is 0 Å². The number of primary amides is 1. The van der Waals surface area contributed by atoms with Crippen LogP contribution < -0.4 is 10.6 Å². The molecule has 2 N–H and O–H groups in total. The Labute approximate surface area is 127 Å². The van der Waals surface area contributed by atoms with E-state index in [9.17, 15) is 4.79 Å². The van der Waals surface area contributed by atoms with Gasteiger partial charge in [0.25, 0.3) is 0 Å². The molecule has 0 saturated carbocycles. The number of aliphatic imine (C=N–C) groups is 1. The molecule has 21 heavy (non-hydrogen) atoms. The number of benzene rings is 1. The van der Waals surface area contributed by atoms with Gasteiger partial charge in [0.2, 0.25) is 5.96 Å². The maximum Gasteiger partial charge on any atom is 0.326 e. The summed E-state index contributed by atoms with van der Waals surface area (Å²) in [5.41, 5.74) is 8.54. The van der Waals surface area contributed by atoms with E-state index in [1.165, 1.54) is 4.90 Å². The van der Waals surface area contributed by atoms with Gasteiger partial charge >= 0.3 is 6.03 Å². The first kappa shape index (κ1) is 17.0. The van der Waals surface area contributed by atoms with E-state index in [4.69, 9.17) is 5.73 Å². The Morgan fingerprint density at radius 1 is 1.33 bits per heavy atom. The summed E-state index contributed by atoms with van der Waals surface area (Å²) in [6.45, 7) is 10.7. The highest BCUT2D eigenvalue weighted by Crippen LogP contribution is 2.22. The van der Waals surface area contributed by atoms with Crippen LogP contribution in [0.25, 0.3) is 0 Å². The fourth-order valence-corrected chi connectivity index (χ4v) is 2.08. The number of urea groups is 1. The number of carbonyl (C=O) groups excluding carboxylic acids is 1. The number of anilines is 1. The lowest BCUT2D eigenvalue weighted by molar-refractivity contribution is 0.255. The number of aryl methyl sites for hydroxylation is 2. The van der Waals surface area contributed by atoms with Crippen molar-refractivity contribution in [2.24, 2.45) is 10.7 Å². The number of rotatable bonds is 3. The number of nitrogens with zero attached hydrogens (tertiary/aromatic N) is 3. The summed E-state index contributed by atoms with van der Waals surface area (Å²) in [6.07, 6.45) is 0. The molecule has 0 unspecified atom stereocenters. The Kier molecular flexibility index (Phi) is 5.76. The van der Waals surface area contributed by atoms with Crippen molar-refractivity contribution in [3.63, 3.8) is 0 Å². The second-order valence-corrected chi connectivity index (χ2v) is 5.50. The highest BCUT2D eigenvalue weighted by atomic mass is 16.2. The monoisotopic (exact) mass is 290 g/mol. The van der Waals surface area contributed by atoms with Crippen LogP contribution in [0, 0.1) is 13.8 Å². The summed E-state index contributed by atoms with van der Waals surface area (Å²) in [6, 6.07) is 5.46. The van der Waals surface area contributed by atoms with Crippen molar-refractivity contribution in [2.45, 2.75) is 40.7 Å². The second-order valence-electron chi connectivity index (χ2n) is 5.50. The zero-order chi connectivity index (χ0) is 16.2. The summed E-state index contributed by atoms with van der Waals surface area (Å²) in [5, 5.41) is 0. The number of guanidine groups is 1. The average molecular weight is 290 g/mol. The Morgan fingerprint density at radius 3 is 2.38 bits per heavy atom. The summed E-state index contributed by atoms with van der Waals surface area (Å²) in [5.74, 6) is 0.576. The van der Waals surface area contributed by atoms with Crippen LogP contribution in [-0.4, -0.2) is 36.5 Å². The molecule has 1 aromatic rings.